The summed E-state index contributed by atoms with van der Waals surface area (Å²) in [6.07, 6.45) is 2.01. The van der Waals surface area contributed by atoms with Crippen molar-refractivity contribution in [1.29, 1.82) is 0 Å². The van der Waals surface area contributed by atoms with Gasteiger partial charge in [-0.15, -0.1) is 0 Å². The third-order valence-corrected chi connectivity index (χ3v) is 6.48. The Morgan fingerprint density at radius 2 is 1.41 bits per heavy atom. The van der Waals surface area contributed by atoms with Crippen LogP contribution < -0.4 is 4.74 Å². The Morgan fingerprint density at radius 3 is 2.17 bits per heavy atom. The van der Waals surface area contributed by atoms with Crippen LogP contribution in [0.2, 0.25) is 0 Å². The number of ether oxygens (including phenoxy) is 1. The highest BCUT2D eigenvalue weighted by Gasteiger charge is 2.41. The van der Waals surface area contributed by atoms with E-state index < -0.39 is 0 Å². The van der Waals surface area contributed by atoms with E-state index in [4.69, 9.17) is 9.72 Å². The molecule has 4 aromatic carbocycles. The molecule has 5 aromatic rings. The van der Waals surface area contributed by atoms with Crippen LogP contribution in [0.5, 0.6) is 5.75 Å². The molecule has 0 aliphatic heterocycles. The lowest BCUT2D eigenvalue weighted by Crippen LogP contribution is -2.16. The molecule has 1 heterocycles. The number of benzene rings is 4. The van der Waals surface area contributed by atoms with Crippen molar-refractivity contribution < 1.29 is 4.74 Å². The molecule has 140 valence electrons. The Labute approximate surface area is 169 Å². The fourth-order valence-electron chi connectivity index (χ4n) is 5.22. The fourth-order valence-corrected chi connectivity index (χ4v) is 5.22. The second-order valence-electron chi connectivity index (χ2n) is 8.44. The van der Waals surface area contributed by atoms with E-state index in [9.17, 15) is 0 Å². The maximum Gasteiger partial charge on any atom is 0.129 e. The molecular weight excluding hydrogens is 354 g/mol. The minimum Gasteiger partial charge on any atom is -0.496 e. The molecule has 2 heteroatoms. The van der Waals surface area contributed by atoms with Gasteiger partial charge < -0.3 is 4.74 Å². The van der Waals surface area contributed by atoms with Crippen LogP contribution in [-0.2, 0) is 5.41 Å². The summed E-state index contributed by atoms with van der Waals surface area (Å²) in [5.41, 5.74) is 4.63. The molecule has 0 unspecified atom stereocenters. The number of fused-ring (bicyclic) bond motifs is 8. The first-order chi connectivity index (χ1) is 14.1. The summed E-state index contributed by atoms with van der Waals surface area (Å²) in [6, 6.07) is 23.9. The van der Waals surface area contributed by atoms with Crippen LogP contribution in [0.1, 0.15) is 25.0 Å². The molecule has 0 bridgehead atoms. The van der Waals surface area contributed by atoms with E-state index in [0.29, 0.717) is 0 Å². The van der Waals surface area contributed by atoms with Crippen molar-refractivity contribution in [2.75, 3.05) is 7.11 Å². The first-order valence-corrected chi connectivity index (χ1v) is 10.0. The first-order valence-electron chi connectivity index (χ1n) is 10.0. The van der Waals surface area contributed by atoms with E-state index in [1.54, 1.807) is 7.11 Å². The topological polar surface area (TPSA) is 22.1 Å². The van der Waals surface area contributed by atoms with Gasteiger partial charge in [0.2, 0.25) is 0 Å². The van der Waals surface area contributed by atoms with Crippen molar-refractivity contribution in [3.8, 4) is 17.0 Å². The summed E-state index contributed by atoms with van der Waals surface area (Å²) in [7, 11) is 1.75. The minimum absolute atomic E-state index is 0.173. The summed E-state index contributed by atoms with van der Waals surface area (Å²) in [5.74, 6) is 0.901. The minimum atomic E-state index is -0.173. The van der Waals surface area contributed by atoms with E-state index in [0.717, 1.165) is 17.0 Å². The molecule has 1 aliphatic carbocycles. The van der Waals surface area contributed by atoms with E-state index in [2.05, 4.69) is 80.6 Å². The average molecular weight is 375 g/mol. The average Bonchev–Trinajstić information content (AvgIpc) is 2.99. The first kappa shape index (κ1) is 16.6. The molecule has 0 amide bonds. The standard InChI is InChI=1S/C27H21NO/c1-27(2)24-20-11-7-6-10-18(20)14-22(29-3)23(24)26-25(27)21-13-17-9-5-4-8-16(17)12-19(21)15-28-26/h4-15H,1-3H3. The molecule has 2 nitrogen and oxygen atoms in total. The molecule has 0 atom stereocenters. The molecule has 1 aromatic heterocycles. The Bertz CT molecular complexity index is 1460. The van der Waals surface area contributed by atoms with Gasteiger partial charge in [-0.2, -0.15) is 0 Å². The summed E-state index contributed by atoms with van der Waals surface area (Å²) in [5, 5.41) is 7.46. The van der Waals surface area contributed by atoms with Gasteiger partial charge >= 0.3 is 0 Å². The number of rotatable bonds is 1. The summed E-state index contributed by atoms with van der Waals surface area (Å²) in [6.45, 7) is 4.64. The molecule has 0 N–H and O–H groups in total. The van der Waals surface area contributed by atoms with Crippen LogP contribution in [0.25, 0.3) is 43.6 Å². The summed E-state index contributed by atoms with van der Waals surface area (Å²) >= 11 is 0. The van der Waals surface area contributed by atoms with E-state index in [1.165, 1.54) is 43.4 Å². The zero-order valence-corrected chi connectivity index (χ0v) is 16.8. The molecule has 29 heavy (non-hydrogen) atoms. The van der Waals surface area contributed by atoms with E-state index in [1.807, 2.05) is 6.20 Å². The van der Waals surface area contributed by atoms with Crippen molar-refractivity contribution in [2.24, 2.45) is 0 Å². The Morgan fingerprint density at radius 1 is 0.724 bits per heavy atom. The SMILES string of the molecule is COc1cc2ccccc2c2c1-c1ncc3cc4ccccc4cc3c1C2(C)C. The third kappa shape index (κ3) is 2.09. The highest BCUT2D eigenvalue weighted by Crippen LogP contribution is 2.56. The van der Waals surface area contributed by atoms with Gasteiger partial charge in [-0.3, -0.25) is 4.98 Å². The van der Waals surface area contributed by atoms with Crippen LogP contribution in [0, 0.1) is 0 Å². The zero-order chi connectivity index (χ0) is 19.8. The van der Waals surface area contributed by atoms with Crippen molar-refractivity contribution in [3.05, 3.63) is 84.1 Å². The molecule has 0 radical (unpaired) electrons. The molecule has 0 saturated heterocycles. The van der Waals surface area contributed by atoms with Gasteiger partial charge in [-0.1, -0.05) is 62.4 Å². The fraction of sp³-hybridized carbons (Fsp3) is 0.148. The van der Waals surface area contributed by atoms with Crippen LogP contribution in [0.4, 0.5) is 0 Å². The van der Waals surface area contributed by atoms with Crippen LogP contribution in [0.15, 0.2) is 72.9 Å². The Balaban J connectivity index is 1.80. The molecule has 0 saturated carbocycles. The summed E-state index contributed by atoms with van der Waals surface area (Å²) < 4.78 is 5.86. The lowest BCUT2D eigenvalue weighted by atomic mass is 9.78. The molecule has 6 rings (SSSR count). The normalized spacial score (nSPS) is 14.3. The number of methoxy groups -OCH3 is 1. The largest absolute Gasteiger partial charge is 0.496 e. The smallest absolute Gasteiger partial charge is 0.129 e. The van der Waals surface area contributed by atoms with Crippen molar-refractivity contribution in [2.45, 2.75) is 19.3 Å². The van der Waals surface area contributed by atoms with Gasteiger partial charge in [0.25, 0.3) is 0 Å². The maximum atomic E-state index is 5.86. The van der Waals surface area contributed by atoms with Crippen molar-refractivity contribution >= 4 is 32.3 Å². The number of pyridine rings is 1. The number of hydrogen-bond acceptors (Lipinski definition) is 2. The van der Waals surface area contributed by atoms with Gasteiger partial charge in [0, 0.05) is 22.6 Å². The number of hydrogen-bond donors (Lipinski definition) is 0. The van der Waals surface area contributed by atoms with Gasteiger partial charge in [0.05, 0.1) is 12.8 Å². The van der Waals surface area contributed by atoms with Gasteiger partial charge in [0.15, 0.2) is 0 Å². The predicted octanol–water partition coefficient (Wildman–Crippen LogP) is 6.86. The lowest BCUT2D eigenvalue weighted by Gasteiger charge is -2.24. The molecule has 0 fully saturated rings. The lowest BCUT2D eigenvalue weighted by molar-refractivity contribution is 0.416. The summed E-state index contributed by atoms with van der Waals surface area (Å²) in [4.78, 5) is 4.97. The van der Waals surface area contributed by atoms with Crippen LogP contribution in [-0.4, -0.2) is 12.1 Å². The van der Waals surface area contributed by atoms with Crippen LogP contribution in [0.3, 0.4) is 0 Å². The Kier molecular flexibility index (Phi) is 3.18. The molecule has 0 spiro atoms. The number of nitrogens with zero attached hydrogens (tertiary/aromatic N) is 1. The van der Waals surface area contributed by atoms with Crippen LogP contribution >= 0.6 is 0 Å². The van der Waals surface area contributed by atoms with Gasteiger partial charge in [0.1, 0.15) is 5.75 Å². The van der Waals surface area contributed by atoms with E-state index in [-0.39, 0.29) is 5.41 Å². The highest BCUT2D eigenvalue weighted by atomic mass is 16.5. The number of aromatic nitrogens is 1. The van der Waals surface area contributed by atoms with Crippen molar-refractivity contribution in [1.82, 2.24) is 4.98 Å². The third-order valence-electron chi connectivity index (χ3n) is 6.48. The van der Waals surface area contributed by atoms with Gasteiger partial charge in [-0.05, 0) is 56.3 Å². The maximum absolute atomic E-state index is 5.86. The Hall–Kier alpha value is -3.39. The molecule has 1 aliphatic rings. The van der Waals surface area contributed by atoms with Gasteiger partial charge in [-0.25, -0.2) is 0 Å². The predicted molar refractivity (Wildman–Crippen MR) is 121 cm³/mol. The van der Waals surface area contributed by atoms with E-state index >= 15 is 0 Å². The quantitative estimate of drug-likeness (QED) is 0.299. The highest BCUT2D eigenvalue weighted by molar-refractivity contribution is 6.07. The second-order valence-corrected chi connectivity index (χ2v) is 8.44. The van der Waals surface area contributed by atoms with Crippen molar-refractivity contribution in [3.63, 3.8) is 0 Å². The second kappa shape index (κ2) is 5.57. The monoisotopic (exact) mass is 375 g/mol. The molecular formula is C27H21NO. The zero-order valence-electron chi connectivity index (χ0n) is 16.8.